The lowest BCUT2D eigenvalue weighted by Crippen LogP contribution is -1.98. The number of methoxy groups -OCH3 is 3. The van der Waals surface area contributed by atoms with Crippen molar-refractivity contribution in [2.75, 3.05) is 28.1 Å². The second-order valence-electron chi connectivity index (χ2n) is 6.28. The van der Waals surface area contributed by atoms with Crippen molar-refractivity contribution in [1.82, 2.24) is 5.16 Å². The van der Waals surface area contributed by atoms with E-state index in [-0.39, 0.29) is 24.0 Å². The molecule has 1 aliphatic heterocycles. The van der Waals surface area contributed by atoms with Gasteiger partial charge in [-0.15, -0.1) is 0 Å². The highest BCUT2D eigenvalue weighted by Gasteiger charge is 2.26. The first-order valence-corrected chi connectivity index (χ1v) is 10.3. The van der Waals surface area contributed by atoms with E-state index in [1.807, 2.05) is 0 Å². The molecule has 31 heavy (non-hydrogen) atoms. The van der Waals surface area contributed by atoms with E-state index >= 15 is 0 Å². The molecule has 0 atom stereocenters. The third-order valence-electron chi connectivity index (χ3n) is 4.47. The summed E-state index contributed by atoms with van der Waals surface area (Å²) in [5.74, 6) is 1.44. The number of fused-ring (bicyclic) bond motifs is 1. The monoisotopic (exact) mass is 451 g/mol. The molecule has 1 aliphatic rings. The first-order valence-electron chi connectivity index (χ1n) is 8.78. The van der Waals surface area contributed by atoms with Gasteiger partial charge in [-0.3, -0.25) is 9.79 Å². The van der Waals surface area contributed by atoms with Crippen molar-refractivity contribution in [3.63, 3.8) is 0 Å². The van der Waals surface area contributed by atoms with Crippen molar-refractivity contribution >= 4 is 7.82 Å². The van der Waals surface area contributed by atoms with Gasteiger partial charge in [0.1, 0.15) is 12.0 Å². The molecule has 2 aromatic carbocycles. The van der Waals surface area contributed by atoms with Crippen LogP contribution in [0.2, 0.25) is 0 Å². The number of hydrogen-bond acceptors (Lipinski definition) is 9. The number of phosphoric acid groups is 1. The number of nitrogens with zero attached hydrogens (tertiary/aromatic N) is 1. The molecule has 0 saturated heterocycles. The van der Waals surface area contributed by atoms with E-state index in [0.717, 1.165) is 0 Å². The number of phosphoric ester groups is 1. The van der Waals surface area contributed by atoms with E-state index in [4.69, 9.17) is 32.7 Å². The zero-order chi connectivity index (χ0) is 22.2. The molecule has 0 radical (unpaired) electrons. The molecule has 0 unspecified atom stereocenters. The van der Waals surface area contributed by atoms with Gasteiger partial charge < -0.3 is 32.7 Å². The largest absolute Gasteiger partial charge is 0.524 e. The fourth-order valence-electron chi connectivity index (χ4n) is 3.20. The summed E-state index contributed by atoms with van der Waals surface area (Å²) in [4.78, 5) is 18.6. The maximum absolute atomic E-state index is 11.4. The quantitative estimate of drug-likeness (QED) is 0.512. The Morgan fingerprint density at radius 2 is 1.65 bits per heavy atom. The highest BCUT2D eigenvalue weighted by molar-refractivity contribution is 7.46. The third-order valence-corrected chi connectivity index (χ3v) is 4.91. The summed E-state index contributed by atoms with van der Waals surface area (Å²) in [7, 11) is -0.645. The number of ether oxygens (including phenoxy) is 5. The Bertz CT molecular complexity index is 1170. The standard InChI is InChI=1S/C19H18NO10P/c1-24-13-4-10(5-16(18(13)26-3)30-31(21,22)23)12-8-29-20-17(12)11-6-14(25-2)19-15(7-11)27-9-28-19/h4-8H,9H2,1-3H3,(H2,21,22,23). The van der Waals surface area contributed by atoms with E-state index in [1.54, 1.807) is 18.2 Å². The van der Waals surface area contributed by atoms with Gasteiger partial charge in [0.15, 0.2) is 23.0 Å². The lowest BCUT2D eigenvalue weighted by atomic mass is 10.0. The van der Waals surface area contributed by atoms with Gasteiger partial charge in [-0.1, -0.05) is 5.16 Å². The van der Waals surface area contributed by atoms with Crippen molar-refractivity contribution in [3.05, 3.63) is 30.5 Å². The summed E-state index contributed by atoms with van der Waals surface area (Å²) in [5, 5.41) is 4.07. The molecule has 164 valence electrons. The van der Waals surface area contributed by atoms with Crippen LogP contribution in [0.4, 0.5) is 0 Å². The molecule has 0 amide bonds. The van der Waals surface area contributed by atoms with Crippen LogP contribution in [0.5, 0.6) is 34.5 Å². The molecule has 0 aliphatic carbocycles. The second kappa shape index (κ2) is 8.03. The molecule has 1 aromatic heterocycles. The Morgan fingerprint density at radius 1 is 0.935 bits per heavy atom. The minimum atomic E-state index is -4.87. The van der Waals surface area contributed by atoms with Crippen LogP contribution in [0.3, 0.4) is 0 Å². The zero-order valence-corrected chi connectivity index (χ0v) is 17.5. The summed E-state index contributed by atoms with van der Waals surface area (Å²) in [5.41, 5.74) is 1.98. The Hall–Kier alpha value is -3.40. The van der Waals surface area contributed by atoms with Crippen LogP contribution in [0, 0.1) is 0 Å². The van der Waals surface area contributed by atoms with Gasteiger partial charge >= 0.3 is 7.82 Å². The van der Waals surface area contributed by atoms with Crippen molar-refractivity contribution < 1.29 is 47.1 Å². The second-order valence-corrected chi connectivity index (χ2v) is 7.44. The van der Waals surface area contributed by atoms with Gasteiger partial charge in [0.25, 0.3) is 0 Å². The lowest BCUT2D eigenvalue weighted by Gasteiger charge is -2.16. The van der Waals surface area contributed by atoms with Crippen LogP contribution in [-0.2, 0) is 4.57 Å². The van der Waals surface area contributed by atoms with Crippen molar-refractivity contribution in [2.45, 2.75) is 0 Å². The Kier molecular flexibility index (Phi) is 5.40. The maximum Gasteiger partial charge on any atom is 0.524 e. The number of hydrogen-bond donors (Lipinski definition) is 2. The summed E-state index contributed by atoms with van der Waals surface area (Å²) in [6, 6.07) is 6.43. The normalized spacial score (nSPS) is 12.5. The van der Waals surface area contributed by atoms with E-state index in [2.05, 4.69) is 5.16 Å². The molecule has 0 saturated carbocycles. The van der Waals surface area contributed by atoms with Gasteiger partial charge in [-0.25, -0.2) is 4.57 Å². The van der Waals surface area contributed by atoms with Gasteiger partial charge in [0, 0.05) is 11.1 Å². The smallest absolute Gasteiger partial charge is 0.493 e. The molecular weight excluding hydrogens is 433 g/mol. The molecular formula is C19H18NO10P. The molecule has 3 aromatic rings. The number of rotatable bonds is 7. The molecule has 12 heteroatoms. The minimum absolute atomic E-state index is 0.0253. The maximum atomic E-state index is 11.4. The highest BCUT2D eigenvalue weighted by atomic mass is 31.2. The van der Waals surface area contributed by atoms with Crippen LogP contribution in [0.15, 0.2) is 35.1 Å². The number of aromatic nitrogens is 1. The van der Waals surface area contributed by atoms with Crippen LogP contribution in [0.25, 0.3) is 22.4 Å². The predicted octanol–water partition coefficient (Wildman–Crippen LogP) is 3.23. The Morgan fingerprint density at radius 3 is 2.32 bits per heavy atom. The highest BCUT2D eigenvalue weighted by Crippen LogP contribution is 2.50. The molecule has 11 nitrogen and oxygen atoms in total. The summed E-state index contributed by atoms with van der Waals surface area (Å²) in [6.45, 7) is 0.0690. The predicted molar refractivity (Wildman–Crippen MR) is 106 cm³/mol. The average molecular weight is 451 g/mol. The van der Waals surface area contributed by atoms with E-state index in [0.29, 0.717) is 39.6 Å². The molecule has 4 rings (SSSR count). The third kappa shape index (κ3) is 3.98. The minimum Gasteiger partial charge on any atom is -0.493 e. The summed E-state index contributed by atoms with van der Waals surface area (Å²) in [6.07, 6.45) is 1.38. The van der Waals surface area contributed by atoms with E-state index < -0.39 is 7.82 Å². The fraction of sp³-hybridized carbons (Fsp3) is 0.211. The average Bonchev–Trinajstić information content (AvgIpc) is 3.40. The number of benzene rings is 2. The first kappa shape index (κ1) is 20.9. The van der Waals surface area contributed by atoms with Gasteiger partial charge in [-0.2, -0.15) is 0 Å². The zero-order valence-electron chi connectivity index (χ0n) is 16.6. The summed E-state index contributed by atoms with van der Waals surface area (Å²) >= 11 is 0. The Balaban J connectivity index is 1.86. The first-order chi connectivity index (χ1) is 14.8. The lowest BCUT2D eigenvalue weighted by molar-refractivity contribution is 0.171. The molecule has 0 spiro atoms. The molecule has 2 N–H and O–H groups in total. The van der Waals surface area contributed by atoms with Gasteiger partial charge in [0.05, 0.1) is 21.3 Å². The van der Waals surface area contributed by atoms with Crippen LogP contribution in [0.1, 0.15) is 0 Å². The Labute approximate surface area is 176 Å². The van der Waals surface area contributed by atoms with Crippen LogP contribution >= 0.6 is 7.82 Å². The van der Waals surface area contributed by atoms with E-state index in [9.17, 15) is 14.4 Å². The molecule has 0 fully saturated rings. The van der Waals surface area contributed by atoms with Gasteiger partial charge in [0.2, 0.25) is 18.3 Å². The van der Waals surface area contributed by atoms with Crippen LogP contribution in [-0.4, -0.2) is 43.1 Å². The summed E-state index contributed by atoms with van der Waals surface area (Å²) < 4.78 is 48.2. The van der Waals surface area contributed by atoms with Crippen molar-refractivity contribution in [2.24, 2.45) is 0 Å². The SMILES string of the molecule is COc1cc(-c2conc2-c2cc(OC)c3c(c2)OCO3)cc(OP(=O)(O)O)c1OC. The van der Waals surface area contributed by atoms with E-state index in [1.165, 1.54) is 33.7 Å². The molecule has 0 bridgehead atoms. The fourth-order valence-corrected chi connectivity index (χ4v) is 3.59. The van der Waals surface area contributed by atoms with Gasteiger partial charge in [-0.05, 0) is 29.8 Å². The van der Waals surface area contributed by atoms with Crippen LogP contribution < -0.4 is 28.2 Å². The topological polar surface area (TPSA) is 139 Å². The van der Waals surface area contributed by atoms with Crippen molar-refractivity contribution in [1.29, 1.82) is 0 Å². The van der Waals surface area contributed by atoms with Crippen molar-refractivity contribution in [3.8, 4) is 56.9 Å². The molecule has 2 heterocycles.